The molecule has 0 unspecified atom stereocenters. The first kappa shape index (κ1) is 28.7. The number of nitrogens with zero attached hydrogens (tertiary/aromatic N) is 1. The molecular formula is C26H16Cl5N3O5. The number of urea groups is 1. The topological polar surface area (TPSA) is 105 Å². The highest BCUT2D eigenvalue weighted by Crippen LogP contribution is 2.36. The largest absolute Gasteiger partial charge is 0.481 e. The van der Waals surface area contributed by atoms with Gasteiger partial charge in [-0.1, -0.05) is 64.1 Å². The number of aryl methyl sites for hydroxylation is 1. The quantitative estimate of drug-likeness (QED) is 0.228. The van der Waals surface area contributed by atoms with Crippen molar-refractivity contribution in [2.24, 2.45) is 0 Å². The van der Waals surface area contributed by atoms with E-state index in [-0.39, 0.29) is 37.6 Å². The summed E-state index contributed by atoms with van der Waals surface area (Å²) in [5, 5.41) is 5.68. The second-order valence-electron chi connectivity index (χ2n) is 8.17. The van der Waals surface area contributed by atoms with Crippen molar-refractivity contribution in [3.8, 4) is 5.75 Å². The summed E-state index contributed by atoms with van der Waals surface area (Å²) in [6, 6.07) is 11.1. The summed E-state index contributed by atoms with van der Waals surface area (Å²) in [7, 11) is 0. The first-order chi connectivity index (χ1) is 18.4. The van der Waals surface area contributed by atoms with Gasteiger partial charge in [0.05, 0.1) is 25.8 Å². The van der Waals surface area contributed by atoms with E-state index in [4.69, 9.17) is 62.7 Å². The summed E-state index contributed by atoms with van der Waals surface area (Å²) < 4.78 is 5.49. The number of hydrogen-bond donors (Lipinski definition) is 2. The van der Waals surface area contributed by atoms with Gasteiger partial charge in [-0.05, 0) is 66.6 Å². The van der Waals surface area contributed by atoms with Crippen LogP contribution < -0.4 is 20.3 Å². The molecule has 3 aromatic carbocycles. The first-order valence-electron chi connectivity index (χ1n) is 11.0. The Bertz CT molecular complexity index is 1550. The molecule has 39 heavy (non-hydrogen) atoms. The van der Waals surface area contributed by atoms with Gasteiger partial charge in [-0.25, -0.2) is 9.69 Å². The van der Waals surface area contributed by atoms with E-state index in [1.165, 1.54) is 36.4 Å². The van der Waals surface area contributed by atoms with Crippen LogP contribution in [-0.4, -0.2) is 30.4 Å². The van der Waals surface area contributed by atoms with Crippen molar-refractivity contribution in [1.29, 1.82) is 0 Å². The molecule has 1 aliphatic heterocycles. The lowest BCUT2D eigenvalue weighted by Crippen LogP contribution is -2.54. The van der Waals surface area contributed by atoms with Crippen molar-refractivity contribution in [2.45, 2.75) is 6.92 Å². The summed E-state index contributed by atoms with van der Waals surface area (Å²) in [6.45, 7) is 1.26. The number of halogens is 5. The van der Waals surface area contributed by atoms with E-state index in [0.29, 0.717) is 21.3 Å². The van der Waals surface area contributed by atoms with Crippen LogP contribution in [-0.2, 0) is 14.4 Å². The van der Waals surface area contributed by atoms with Crippen molar-refractivity contribution in [3.63, 3.8) is 0 Å². The van der Waals surface area contributed by atoms with Crippen LogP contribution in [0, 0.1) is 6.92 Å². The van der Waals surface area contributed by atoms with Gasteiger partial charge in [-0.2, -0.15) is 0 Å². The van der Waals surface area contributed by atoms with Gasteiger partial charge in [-0.15, -0.1) is 0 Å². The van der Waals surface area contributed by atoms with Gasteiger partial charge in [0.1, 0.15) is 5.57 Å². The predicted molar refractivity (Wildman–Crippen MR) is 152 cm³/mol. The number of nitrogens with one attached hydrogen (secondary N) is 2. The second-order valence-corrected chi connectivity index (χ2v) is 10.2. The zero-order valence-electron chi connectivity index (χ0n) is 19.8. The Morgan fingerprint density at radius 1 is 0.923 bits per heavy atom. The Balaban J connectivity index is 1.53. The molecule has 1 fully saturated rings. The number of benzene rings is 3. The highest BCUT2D eigenvalue weighted by molar-refractivity contribution is 6.42. The molecular weight excluding hydrogens is 612 g/mol. The van der Waals surface area contributed by atoms with E-state index in [9.17, 15) is 19.2 Å². The Hall–Kier alpha value is -3.27. The molecule has 0 radical (unpaired) electrons. The Morgan fingerprint density at radius 2 is 1.62 bits per heavy atom. The number of rotatable bonds is 6. The molecule has 1 saturated heterocycles. The van der Waals surface area contributed by atoms with Crippen LogP contribution in [0.3, 0.4) is 0 Å². The van der Waals surface area contributed by atoms with Gasteiger partial charge >= 0.3 is 6.03 Å². The molecule has 1 aliphatic rings. The van der Waals surface area contributed by atoms with Crippen molar-refractivity contribution in [3.05, 3.63) is 90.3 Å². The van der Waals surface area contributed by atoms with Crippen LogP contribution >= 0.6 is 58.0 Å². The molecule has 13 heteroatoms. The maximum atomic E-state index is 13.2. The number of imide groups is 2. The van der Waals surface area contributed by atoms with Crippen molar-refractivity contribution < 1.29 is 23.9 Å². The maximum Gasteiger partial charge on any atom is 0.335 e. The molecule has 3 aromatic rings. The number of carbonyl (C=O) groups excluding carboxylic acids is 4. The monoisotopic (exact) mass is 625 g/mol. The Morgan fingerprint density at radius 3 is 2.28 bits per heavy atom. The molecule has 4 rings (SSSR count). The van der Waals surface area contributed by atoms with Gasteiger partial charge in [-0.3, -0.25) is 19.7 Å². The van der Waals surface area contributed by atoms with Crippen molar-refractivity contribution in [1.82, 2.24) is 5.32 Å². The standard InChI is InChI=1S/C26H16Cl5N3O5/c1-12-2-3-14(27)9-21(12)34-25(37)16(24(36)33-26(34)38)6-13-7-19(30)23(20(31)8-13)39-11-22(35)32-15-4-5-17(28)18(29)10-15/h2-10H,11H2,1H3,(H,32,35)(H,33,36,38)/b16-6+. The van der Waals surface area contributed by atoms with Crippen molar-refractivity contribution in [2.75, 3.05) is 16.8 Å². The van der Waals surface area contributed by atoms with Crippen LogP contribution in [0.2, 0.25) is 25.1 Å². The van der Waals surface area contributed by atoms with Crippen LogP contribution in [0.25, 0.3) is 6.08 Å². The molecule has 0 spiro atoms. The lowest BCUT2D eigenvalue weighted by atomic mass is 10.1. The fraction of sp³-hybridized carbons (Fsp3) is 0.0769. The SMILES string of the molecule is Cc1ccc(Cl)cc1N1C(=O)NC(=O)/C(=C\c2cc(Cl)c(OCC(=O)Nc3ccc(Cl)c(Cl)c3)c(Cl)c2)C1=O. The maximum absolute atomic E-state index is 13.2. The van der Waals surface area contributed by atoms with E-state index in [0.717, 1.165) is 4.90 Å². The second kappa shape index (κ2) is 11.9. The third-order valence-corrected chi connectivity index (χ3v) is 6.93. The van der Waals surface area contributed by atoms with Gasteiger partial charge in [0.15, 0.2) is 12.4 Å². The smallest absolute Gasteiger partial charge is 0.335 e. The first-order valence-corrected chi connectivity index (χ1v) is 12.9. The molecule has 200 valence electrons. The predicted octanol–water partition coefficient (Wildman–Crippen LogP) is 6.95. The lowest BCUT2D eigenvalue weighted by Gasteiger charge is -2.27. The Kier molecular flexibility index (Phi) is 8.73. The van der Waals surface area contributed by atoms with Crippen LogP contribution in [0.5, 0.6) is 5.75 Å². The molecule has 8 nitrogen and oxygen atoms in total. The molecule has 2 N–H and O–H groups in total. The van der Waals surface area contributed by atoms with Crippen molar-refractivity contribution >= 4 is 99.2 Å². The van der Waals surface area contributed by atoms with Crippen LogP contribution in [0.1, 0.15) is 11.1 Å². The molecule has 0 aromatic heterocycles. The summed E-state index contributed by atoms with van der Waals surface area (Å²) in [5.41, 5.74) is 1.16. The minimum atomic E-state index is -0.911. The average molecular weight is 628 g/mol. The molecule has 1 heterocycles. The fourth-order valence-corrected chi connectivity index (χ4v) is 4.65. The highest BCUT2D eigenvalue weighted by atomic mass is 35.5. The molecule has 0 bridgehead atoms. The van der Waals surface area contributed by atoms with E-state index in [1.54, 1.807) is 25.1 Å². The van der Waals surface area contributed by atoms with E-state index >= 15 is 0 Å². The summed E-state index contributed by atoms with van der Waals surface area (Å²) in [4.78, 5) is 51.3. The van der Waals surface area contributed by atoms with Gasteiger partial charge in [0.2, 0.25) is 0 Å². The fourth-order valence-electron chi connectivity index (χ4n) is 3.58. The minimum Gasteiger partial charge on any atom is -0.481 e. The number of carbonyl (C=O) groups is 4. The van der Waals surface area contributed by atoms with Crippen LogP contribution in [0.4, 0.5) is 16.2 Å². The zero-order valence-corrected chi connectivity index (χ0v) is 23.6. The van der Waals surface area contributed by atoms with E-state index < -0.39 is 30.4 Å². The number of anilines is 2. The molecule has 5 amide bonds. The van der Waals surface area contributed by atoms with Crippen LogP contribution in [0.15, 0.2) is 54.1 Å². The lowest BCUT2D eigenvalue weighted by molar-refractivity contribution is -0.122. The summed E-state index contributed by atoms with van der Waals surface area (Å²) in [6.07, 6.45) is 1.23. The highest BCUT2D eigenvalue weighted by Gasteiger charge is 2.37. The third kappa shape index (κ3) is 6.49. The summed E-state index contributed by atoms with van der Waals surface area (Å²) in [5.74, 6) is -2.26. The number of amides is 5. The Labute approximate surface area is 247 Å². The van der Waals surface area contributed by atoms with Gasteiger partial charge < -0.3 is 10.1 Å². The molecule has 0 aliphatic carbocycles. The van der Waals surface area contributed by atoms with E-state index in [1.807, 2.05) is 0 Å². The third-order valence-electron chi connectivity index (χ3n) is 5.40. The zero-order chi connectivity index (χ0) is 28.4. The molecule has 0 atom stereocenters. The summed E-state index contributed by atoms with van der Waals surface area (Å²) >= 11 is 30.5. The number of hydrogen-bond acceptors (Lipinski definition) is 5. The number of barbiturate groups is 1. The average Bonchev–Trinajstić information content (AvgIpc) is 2.85. The van der Waals surface area contributed by atoms with Gasteiger partial charge in [0.25, 0.3) is 17.7 Å². The van der Waals surface area contributed by atoms with Gasteiger partial charge in [0, 0.05) is 10.7 Å². The van der Waals surface area contributed by atoms with E-state index in [2.05, 4.69) is 10.6 Å². The normalized spacial score (nSPS) is 14.5. The minimum absolute atomic E-state index is 0.00977. The molecule has 0 saturated carbocycles. The number of ether oxygens (including phenoxy) is 1.